The van der Waals surface area contributed by atoms with Crippen molar-refractivity contribution in [3.05, 3.63) is 179 Å². The van der Waals surface area contributed by atoms with Crippen LogP contribution >= 0.6 is 24.8 Å². The molecule has 0 spiro atoms. The molecule has 2 aromatic carbocycles. The van der Waals surface area contributed by atoms with Crippen LogP contribution in [0, 0.1) is 0 Å². The van der Waals surface area contributed by atoms with E-state index in [0.29, 0.717) is 50.6 Å². The van der Waals surface area contributed by atoms with E-state index in [2.05, 4.69) is 124 Å². The molecule has 440 valence electrons. The lowest BCUT2D eigenvalue weighted by Gasteiger charge is -2.14. The molecule has 0 saturated carbocycles. The van der Waals surface area contributed by atoms with Crippen LogP contribution < -0.4 is 16.0 Å². The quantitative estimate of drug-likeness (QED) is 0.0443. The van der Waals surface area contributed by atoms with Crippen LogP contribution in [-0.2, 0) is 91.9 Å². The number of carboxylic acid groups (broad SMARTS) is 2. The maximum atomic E-state index is 12.4. The van der Waals surface area contributed by atoms with Gasteiger partial charge >= 0.3 is 18.0 Å². The second-order valence-corrected chi connectivity index (χ2v) is 19.0. The smallest absolute Gasteiger partial charge is 0.410 e. The fourth-order valence-corrected chi connectivity index (χ4v) is 9.12. The number of aryl methyl sites for hydroxylation is 4. The first kappa shape index (κ1) is 66.2. The Bertz CT molecular complexity index is 3000. The summed E-state index contributed by atoms with van der Waals surface area (Å²) in [5.74, 6) is -0.175. The van der Waals surface area contributed by atoms with Crippen LogP contribution in [0.15, 0.2) is 111 Å². The second kappa shape index (κ2) is 34.8. The van der Waals surface area contributed by atoms with Crippen molar-refractivity contribution in [3.63, 3.8) is 0 Å². The Morgan fingerprint density at radius 1 is 0.561 bits per heavy atom. The predicted octanol–water partition coefficient (Wildman–Crippen LogP) is 6.37. The molecule has 0 fully saturated rings. The Hall–Kier alpha value is -8.29. The zero-order chi connectivity index (χ0) is 54.3. The highest BCUT2D eigenvalue weighted by molar-refractivity contribution is 5.85. The van der Waals surface area contributed by atoms with E-state index in [9.17, 15) is 14.4 Å². The molecule has 0 saturated heterocycles. The average Bonchev–Trinajstić information content (AvgIpc) is 4.34. The Morgan fingerprint density at radius 2 is 0.988 bits per heavy atom. The van der Waals surface area contributed by atoms with Gasteiger partial charge in [-0.15, -0.1) is 24.8 Å². The zero-order valence-electron chi connectivity index (χ0n) is 44.6. The van der Waals surface area contributed by atoms with Crippen molar-refractivity contribution >= 4 is 54.7 Å². The van der Waals surface area contributed by atoms with Gasteiger partial charge in [-0.1, -0.05) is 56.0 Å². The third-order valence-electron chi connectivity index (χ3n) is 13.1. The number of carbonyl (C=O) groups is 3. The topological polar surface area (TPSA) is 358 Å². The average molecular weight is 1170 g/mol. The van der Waals surface area contributed by atoms with Gasteiger partial charge in [-0.05, 0) is 86.5 Å². The normalized spacial score (nSPS) is 13.0. The van der Waals surface area contributed by atoms with Gasteiger partial charge in [0.05, 0.1) is 69.2 Å². The van der Waals surface area contributed by atoms with Crippen LogP contribution in [0.25, 0.3) is 0 Å². The summed E-state index contributed by atoms with van der Waals surface area (Å²) in [6, 6.07) is 17.9. The fourth-order valence-electron chi connectivity index (χ4n) is 9.12. The van der Waals surface area contributed by atoms with Crippen LogP contribution in [0.4, 0.5) is 16.7 Å². The van der Waals surface area contributed by atoms with Gasteiger partial charge in [0.1, 0.15) is 0 Å². The number of nitrogens with zero attached hydrogens (tertiary/aromatic N) is 9. The van der Waals surface area contributed by atoms with E-state index in [1.807, 2.05) is 12.4 Å². The van der Waals surface area contributed by atoms with Crippen molar-refractivity contribution in [2.24, 2.45) is 0 Å². The number of aromatic nitrogens is 12. The largest absolute Gasteiger partial charge is 0.481 e. The van der Waals surface area contributed by atoms with Crippen LogP contribution in [0.5, 0.6) is 0 Å². The van der Waals surface area contributed by atoms with Gasteiger partial charge in [0, 0.05) is 103 Å². The van der Waals surface area contributed by atoms with Gasteiger partial charge in [0.15, 0.2) is 0 Å². The number of aliphatic hydroxyl groups is 1. The molecule has 12 rings (SSSR count). The standard InChI is InChI=1S/C22H24N6O2.C15H16N4.2C6H8N2O2.C6H10N2O.CH4.2ClH.H2O/c29-22(30-7-3-6-18-11-23-14-25-18)28-12-17-10-24-21(27-20(17)13-28)26-19-8-15-4-1-2-5-16(15)9-19;1-2-4-11-6-13(5-10(11)3-1)18-15-17-8-12-7-16-9-14(12)19-15;2*9-6(10)2-1-5-3-7-4-8-5;9-3-1-2-6-4-7-5-8-6;;;;/h1-2,4-5,10-11,14,19H,3,6-9,12-13H2,(H,23,25)(H,24,26,27);1-4,8,13,16H,5-7,9H2,(H,17,18,19);2*3-4H,1-2H2,(H,7,8)(H,9,10);4-5,9H,1-3H2,(H,7,8);1H4;2*1H;1H2. The van der Waals surface area contributed by atoms with Crippen LogP contribution in [0.2, 0.25) is 0 Å². The van der Waals surface area contributed by atoms with E-state index < -0.39 is 11.9 Å². The molecule has 26 heteroatoms. The number of ether oxygens (including phenoxy) is 1. The molecule has 0 atom stereocenters. The number of nitrogens with one attached hydrogen (secondary N) is 7. The van der Waals surface area contributed by atoms with Gasteiger partial charge in [-0.3, -0.25) is 14.5 Å². The SMILES string of the molecule is C.Cl.Cl.O.O=C(O)CCc1cnc[nH]1.O=C(O)CCc1cnc[nH]1.O=C(OCCCc1cnc[nH]1)N1Cc2cnc(NC3Cc4ccccc4C3)nc2C1.OCCCc1cnc[nH]1.c1ccc2c(c1)CC(Nc1ncc3c(n1)CNC3)C2. The summed E-state index contributed by atoms with van der Waals surface area (Å²) in [5.41, 5.74) is 13.7. The first-order valence-electron chi connectivity index (χ1n) is 26.1. The van der Waals surface area contributed by atoms with Crippen LogP contribution in [-0.4, -0.2) is 129 Å². The molecule has 2 aliphatic heterocycles. The molecule has 0 bridgehead atoms. The molecule has 2 aliphatic carbocycles. The van der Waals surface area contributed by atoms with E-state index in [0.717, 1.165) is 110 Å². The van der Waals surface area contributed by atoms with Gasteiger partial charge < -0.3 is 61.4 Å². The second-order valence-electron chi connectivity index (χ2n) is 19.0. The zero-order valence-corrected chi connectivity index (χ0v) is 46.2. The molecule has 1 amide bonds. The van der Waals surface area contributed by atoms with Gasteiger partial charge in [0.2, 0.25) is 11.9 Å². The Morgan fingerprint density at radius 3 is 1.41 bits per heavy atom. The molecule has 12 N–H and O–H groups in total. The van der Waals surface area contributed by atoms with Crippen molar-refractivity contribution < 1.29 is 39.9 Å². The van der Waals surface area contributed by atoms with Gasteiger partial charge in [-0.2, -0.15) is 0 Å². The summed E-state index contributed by atoms with van der Waals surface area (Å²) in [7, 11) is 0. The molecule has 4 aliphatic rings. The summed E-state index contributed by atoms with van der Waals surface area (Å²) in [6.07, 6.45) is 25.3. The molecular weight excluding hydrogens is 1100 g/mol. The van der Waals surface area contributed by atoms with Crippen molar-refractivity contribution in [2.75, 3.05) is 23.8 Å². The molecule has 0 unspecified atom stereocenters. The van der Waals surface area contributed by atoms with Crippen molar-refractivity contribution in [1.82, 2.24) is 70.0 Å². The van der Waals surface area contributed by atoms with Crippen molar-refractivity contribution in [1.29, 1.82) is 0 Å². The van der Waals surface area contributed by atoms with Crippen molar-refractivity contribution in [2.45, 2.75) is 123 Å². The molecule has 24 nitrogen and oxygen atoms in total. The maximum Gasteiger partial charge on any atom is 0.410 e. The Balaban J connectivity index is 0.000000239. The highest BCUT2D eigenvalue weighted by Crippen LogP contribution is 2.27. The maximum absolute atomic E-state index is 12.4. The summed E-state index contributed by atoms with van der Waals surface area (Å²) in [6.45, 7) is 3.33. The minimum Gasteiger partial charge on any atom is -0.481 e. The van der Waals surface area contributed by atoms with E-state index in [-0.39, 0.29) is 63.3 Å². The number of imidazole rings is 4. The molecule has 6 aromatic heterocycles. The first-order chi connectivity index (χ1) is 38.1. The van der Waals surface area contributed by atoms with Gasteiger partial charge in [-0.25, -0.2) is 44.7 Å². The number of aliphatic carboxylic acids is 2. The number of aliphatic hydroxyl groups excluding tert-OH is 1. The minimum atomic E-state index is -0.783. The van der Waals surface area contributed by atoms with Crippen LogP contribution in [0.3, 0.4) is 0 Å². The number of fused-ring (bicyclic) bond motifs is 4. The number of rotatable bonds is 17. The predicted molar refractivity (Wildman–Crippen MR) is 313 cm³/mol. The molecule has 8 heterocycles. The number of hydrogen-bond donors (Lipinski definition) is 10. The minimum absolute atomic E-state index is 0. The Kier molecular flexibility index (Phi) is 28.1. The van der Waals surface area contributed by atoms with Gasteiger partial charge in [0.25, 0.3) is 0 Å². The summed E-state index contributed by atoms with van der Waals surface area (Å²) >= 11 is 0. The van der Waals surface area contributed by atoms with E-state index in [4.69, 9.17) is 20.1 Å². The highest BCUT2D eigenvalue weighted by Gasteiger charge is 2.28. The number of carbonyl (C=O) groups excluding carboxylic acids is 1. The van der Waals surface area contributed by atoms with E-state index in [1.54, 1.807) is 42.3 Å². The molecule has 0 radical (unpaired) electrons. The molecule has 82 heavy (non-hydrogen) atoms. The van der Waals surface area contributed by atoms with Crippen molar-refractivity contribution in [3.8, 4) is 0 Å². The van der Waals surface area contributed by atoms with E-state index >= 15 is 0 Å². The Labute approximate surface area is 487 Å². The summed E-state index contributed by atoms with van der Waals surface area (Å²) < 4.78 is 5.42. The summed E-state index contributed by atoms with van der Waals surface area (Å²) in [4.78, 5) is 79.3. The monoisotopic (exact) mass is 1170 g/mol. The number of anilines is 2. The number of amides is 1. The number of H-pyrrole nitrogens is 4. The first-order valence-corrected chi connectivity index (χ1v) is 26.1. The summed E-state index contributed by atoms with van der Waals surface area (Å²) in [5, 5.41) is 35.2. The molecule has 8 aromatic rings. The number of hydrogen-bond acceptors (Lipinski definition) is 16. The number of carboxylic acids is 2. The van der Waals surface area contributed by atoms with Crippen LogP contribution in [0.1, 0.15) is 101 Å². The van der Waals surface area contributed by atoms with E-state index in [1.165, 1.54) is 40.5 Å². The number of aromatic amines is 4. The lowest BCUT2D eigenvalue weighted by atomic mass is 10.1. The third kappa shape index (κ3) is 21.0. The third-order valence-corrected chi connectivity index (χ3v) is 13.1. The lowest BCUT2D eigenvalue weighted by Crippen LogP contribution is -2.26. The fraction of sp³-hybridized carbons (Fsp3) is 0.375. The molecular formula is C56H74Cl2N16O8. The lowest BCUT2D eigenvalue weighted by molar-refractivity contribution is -0.138. The number of benzene rings is 2. The highest BCUT2D eigenvalue weighted by atomic mass is 35.5. The number of halogens is 2.